The summed E-state index contributed by atoms with van der Waals surface area (Å²) in [6.45, 7) is 0. The molecule has 4 bridgehead atoms. The van der Waals surface area contributed by atoms with Crippen molar-refractivity contribution in [2.45, 2.75) is 60.2 Å². The minimum absolute atomic E-state index is 0.203. The first-order valence-corrected chi connectivity index (χ1v) is 11.9. The van der Waals surface area contributed by atoms with Crippen LogP contribution in [0.2, 0.25) is 0 Å². The van der Waals surface area contributed by atoms with E-state index in [4.69, 9.17) is 9.47 Å². The third kappa shape index (κ3) is 3.75. The van der Waals surface area contributed by atoms with Crippen molar-refractivity contribution < 1.29 is 14.3 Å². The fourth-order valence-electron chi connectivity index (χ4n) is 6.66. The van der Waals surface area contributed by atoms with Gasteiger partial charge in [0, 0.05) is 15.4 Å². The number of hydrogen-bond donors (Lipinski definition) is 0. The molecule has 4 heteroatoms. The Morgan fingerprint density at radius 2 is 1.53 bits per heavy atom. The summed E-state index contributed by atoms with van der Waals surface area (Å²) in [6, 6.07) is 15.0. The highest BCUT2D eigenvalue weighted by Gasteiger charge is 2.52. The summed E-state index contributed by atoms with van der Waals surface area (Å²) >= 11 is 1.79. The van der Waals surface area contributed by atoms with Crippen LogP contribution in [-0.2, 0) is 21.4 Å². The number of carbonyl (C=O) groups excluding carboxylic acids is 1. The molecule has 4 fully saturated rings. The molecule has 6 rings (SSSR count). The monoisotopic (exact) mass is 422 g/mol. The van der Waals surface area contributed by atoms with Crippen molar-refractivity contribution in [3.63, 3.8) is 0 Å². The van der Waals surface area contributed by atoms with Crippen molar-refractivity contribution in [1.82, 2.24) is 0 Å². The summed E-state index contributed by atoms with van der Waals surface area (Å²) in [6.07, 6.45) is 8.69. The maximum atomic E-state index is 11.5. The number of hydrogen-bond acceptors (Lipinski definition) is 4. The Bertz CT molecular complexity index is 899. The standard InChI is InChI=1S/C26H30O3S/c1-28-24-8-7-22(30-21-5-3-17(4-6-21)12-25(27)29-2)13-23(24)26-14-18-9-19(15-26)11-20(10-18)16-26/h3-8,13,18-20H,9-12,14-16H2,1-2H3. The van der Waals surface area contributed by atoms with Crippen LogP contribution in [0.1, 0.15) is 49.7 Å². The van der Waals surface area contributed by atoms with E-state index in [-0.39, 0.29) is 5.97 Å². The van der Waals surface area contributed by atoms with E-state index < -0.39 is 0 Å². The maximum absolute atomic E-state index is 11.5. The molecule has 0 spiro atoms. The lowest BCUT2D eigenvalue weighted by molar-refractivity contribution is -0.139. The fraction of sp³-hybridized carbons (Fsp3) is 0.500. The predicted octanol–water partition coefficient (Wildman–Crippen LogP) is 6.03. The van der Waals surface area contributed by atoms with Crippen molar-refractivity contribution in [1.29, 1.82) is 0 Å². The van der Waals surface area contributed by atoms with E-state index in [0.29, 0.717) is 11.8 Å². The molecule has 0 saturated heterocycles. The highest BCUT2D eigenvalue weighted by atomic mass is 32.2. The molecule has 0 aliphatic heterocycles. The van der Waals surface area contributed by atoms with E-state index >= 15 is 0 Å². The van der Waals surface area contributed by atoms with Crippen molar-refractivity contribution in [2.75, 3.05) is 14.2 Å². The van der Waals surface area contributed by atoms with E-state index in [1.807, 2.05) is 19.2 Å². The Hall–Kier alpha value is -1.94. The Kier molecular flexibility index (Phi) is 5.30. The van der Waals surface area contributed by atoms with Crippen LogP contribution >= 0.6 is 11.8 Å². The van der Waals surface area contributed by atoms with Gasteiger partial charge in [-0.15, -0.1) is 0 Å². The molecule has 0 amide bonds. The fourth-order valence-corrected chi connectivity index (χ4v) is 7.51. The molecule has 0 radical (unpaired) electrons. The third-order valence-electron chi connectivity index (χ3n) is 7.52. The first-order valence-electron chi connectivity index (χ1n) is 11.1. The maximum Gasteiger partial charge on any atom is 0.309 e. The Labute approximate surface area is 183 Å². The molecule has 3 nitrogen and oxygen atoms in total. The number of rotatable bonds is 6. The van der Waals surface area contributed by atoms with Gasteiger partial charge in [0.1, 0.15) is 5.75 Å². The molecule has 0 N–H and O–H groups in total. The summed E-state index contributed by atoms with van der Waals surface area (Å²) in [5.74, 6) is 3.61. The van der Waals surface area contributed by atoms with Gasteiger partial charge in [0.25, 0.3) is 0 Å². The van der Waals surface area contributed by atoms with Crippen molar-refractivity contribution in [3.05, 3.63) is 53.6 Å². The minimum atomic E-state index is -0.203. The molecule has 0 heterocycles. The molecule has 0 atom stereocenters. The van der Waals surface area contributed by atoms with E-state index in [0.717, 1.165) is 29.1 Å². The van der Waals surface area contributed by atoms with Gasteiger partial charge in [-0.1, -0.05) is 23.9 Å². The highest BCUT2D eigenvalue weighted by molar-refractivity contribution is 7.99. The third-order valence-corrected chi connectivity index (χ3v) is 8.51. The van der Waals surface area contributed by atoms with Crippen LogP contribution in [-0.4, -0.2) is 20.2 Å². The van der Waals surface area contributed by atoms with Gasteiger partial charge in [0.05, 0.1) is 20.6 Å². The van der Waals surface area contributed by atoms with E-state index in [1.165, 1.54) is 61.0 Å². The van der Waals surface area contributed by atoms with Crippen LogP contribution in [0.4, 0.5) is 0 Å². The second kappa shape index (κ2) is 7.96. The van der Waals surface area contributed by atoms with Crippen molar-refractivity contribution >= 4 is 17.7 Å². The van der Waals surface area contributed by atoms with Gasteiger partial charge < -0.3 is 9.47 Å². The van der Waals surface area contributed by atoms with Crippen LogP contribution in [0.15, 0.2) is 52.3 Å². The molecule has 2 aromatic rings. The molecule has 4 aliphatic carbocycles. The van der Waals surface area contributed by atoms with E-state index in [2.05, 4.69) is 30.3 Å². The molecular formula is C26H30O3S. The van der Waals surface area contributed by atoms with Gasteiger partial charge in [0.2, 0.25) is 0 Å². The smallest absolute Gasteiger partial charge is 0.309 e. The minimum Gasteiger partial charge on any atom is -0.496 e. The largest absolute Gasteiger partial charge is 0.496 e. The normalized spacial score (nSPS) is 29.1. The molecule has 0 unspecified atom stereocenters. The van der Waals surface area contributed by atoms with Gasteiger partial charge in [-0.05, 0) is 97.6 Å². The topological polar surface area (TPSA) is 35.5 Å². The molecule has 4 saturated carbocycles. The molecule has 30 heavy (non-hydrogen) atoms. The van der Waals surface area contributed by atoms with Gasteiger partial charge in [-0.2, -0.15) is 0 Å². The molecule has 0 aromatic heterocycles. The quantitative estimate of drug-likeness (QED) is 0.533. The zero-order valence-corrected chi connectivity index (χ0v) is 18.7. The second-order valence-corrected chi connectivity index (χ2v) is 10.7. The number of esters is 1. The number of methoxy groups -OCH3 is 2. The number of ether oxygens (including phenoxy) is 2. The average molecular weight is 423 g/mol. The lowest BCUT2D eigenvalue weighted by Gasteiger charge is -2.57. The van der Waals surface area contributed by atoms with Crippen LogP contribution in [0.3, 0.4) is 0 Å². The lowest BCUT2D eigenvalue weighted by atomic mass is 9.48. The highest BCUT2D eigenvalue weighted by Crippen LogP contribution is 2.62. The van der Waals surface area contributed by atoms with Crippen LogP contribution in [0, 0.1) is 17.8 Å². The van der Waals surface area contributed by atoms with E-state index in [1.54, 1.807) is 11.8 Å². The zero-order valence-electron chi connectivity index (χ0n) is 17.9. The average Bonchev–Trinajstić information content (AvgIpc) is 2.74. The molecule has 158 valence electrons. The summed E-state index contributed by atoms with van der Waals surface area (Å²) in [5.41, 5.74) is 2.74. The molecule has 4 aliphatic rings. The first-order chi connectivity index (χ1) is 14.6. The molecule has 2 aromatic carbocycles. The van der Waals surface area contributed by atoms with Gasteiger partial charge >= 0.3 is 5.97 Å². The van der Waals surface area contributed by atoms with Crippen LogP contribution in [0.25, 0.3) is 0 Å². The van der Waals surface area contributed by atoms with Gasteiger partial charge in [0.15, 0.2) is 0 Å². The second-order valence-electron chi connectivity index (χ2n) is 9.56. The van der Waals surface area contributed by atoms with E-state index in [9.17, 15) is 4.79 Å². The summed E-state index contributed by atoms with van der Waals surface area (Å²) in [7, 11) is 3.24. The Balaban J connectivity index is 1.39. The summed E-state index contributed by atoms with van der Waals surface area (Å²) in [4.78, 5) is 13.9. The molecular weight excluding hydrogens is 392 g/mol. The lowest BCUT2D eigenvalue weighted by Crippen LogP contribution is -2.48. The number of carbonyl (C=O) groups is 1. The first kappa shape index (κ1) is 20.0. The summed E-state index contributed by atoms with van der Waals surface area (Å²) in [5, 5.41) is 0. The van der Waals surface area contributed by atoms with Crippen LogP contribution in [0.5, 0.6) is 5.75 Å². The van der Waals surface area contributed by atoms with Crippen molar-refractivity contribution in [2.24, 2.45) is 17.8 Å². The van der Waals surface area contributed by atoms with Gasteiger partial charge in [-0.25, -0.2) is 0 Å². The Morgan fingerprint density at radius 1 is 0.933 bits per heavy atom. The Morgan fingerprint density at radius 3 is 2.10 bits per heavy atom. The summed E-state index contributed by atoms with van der Waals surface area (Å²) < 4.78 is 10.6. The van der Waals surface area contributed by atoms with Gasteiger partial charge in [-0.3, -0.25) is 4.79 Å². The zero-order chi connectivity index (χ0) is 20.7. The van der Waals surface area contributed by atoms with Crippen LogP contribution < -0.4 is 4.74 Å². The number of benzene rings is 2. The predicted molar refractivity (Wildman–Crippen MR) is 119 cm³/mol. The van der Waals surface area contributed by atoms with Crippen molar-refractivity contribution in [3.8, 4) is 5.75 Å². The SMILES string of the molecule is COC(=O)Cc1ccc(Sc2ccc(OC)c(C34CC5CC(CC(C5)C3)C4)c2)cc1.